The van der Waals surface area contributed by atoms with Gasteiger partial charge in [-0.05, 0) is 43.2 Å². The van der Waals surface area contributed by atoms with Crippen LogP contribution in [0.15, 0.2) is 36.4 Å². The van der Waals surface area contributed by atoms with E-state index in [1.807, 2.05) is 16.7 Å². The van der Waals surface area contributed by atoms with Gasteiger partial charge in [-0.1, -0.05) is 17.9 Å². The summed E-state index contributed by atoms with van der Waals surface area (Å²) in [7, 11) is 0. The fraction of sp³-hybridized carbons (Fsp3) is 0.346. The maximum absolute atomic E-state index is 13.5. The van der Waals surface area contributed by atoms with Crippen molar-refractivity contribution in [1.29, 1.82) is 5.26 Å². The largest absolute Gasteiger partial charge is 0.434 e. The first-order valence-corrected chi connectivity index (χ1v) is 11.0. The van der Waals surface area contributed by atoms with Crippen molar-refractivity contribution in [2.75, 3.05) is 6.98 Å². The molecule has 0 radical (unpaired) electrons. The van der Waals surface area contributed by atoms with Gasteiger partial charge < -0.3 is 14.2 Å². The van der Waals surface area contributed by atoms with Gasteiger partial charge in [0.1, 0.15) is 11.6 Å². The lowest BCUT2D eigenvalue weighted by Gasteiger charge is -2.25. The number of imidazole rings is 1. The fourth-order valence-corrected chi connectivity index (χ4v) is 5.21. The van der Waals surface area contributed by atoms with Crippen LogP contribution in [0, 0.1) is 35.0 Å². The van der Waals surface area contributed by atoms with E-state index in [-0.39, 0.29) is 35.1 Å². The van der Waals surface area contributed by atoms with Gasteiger partial charge in [0.15, 0.2) is 0 Å². The second-order valence-electron chi connectivity index (χ2n) is 8.85. The summed E-state index contributed by atoms with van der Waals surface area (Å²) < 4.78 is 57.5. The molecule has 0 spiro atoms. The van der Waals surface area contributed by atoms with Crippen LogP contribution in [-0.4, -0.2) is 33.9 Å². The number of nitriles is 1. The summed E-state index contributed by atoms with van der Waals surface area (Å²) in [6.45, 7) is -5.89. The number of aromatic nitrogens is 2. The van der Waals surface area contributed by atoms with E-state index in [9.17, 15) is 13.6 Å². The molecule has 3 heterocycles. The van der Waals surface area contributed by atoms with Crippen LogP contribution in [-0.2, 0) is 0 Å². The van der Waals surface area contributed by atoms with Crippen LogP contribution in [0.2, 0.25) is 0 Å². The number of fused-ring (bicyclic) bond motifs is 9. The second kappa shape index (κ2) is 7.56. The number of rotatable bonds is 2. The highest BCUT2D eigenvalue weighted by atomic mass is 19.3. The first-order valence-electron chi connectivity index (χ1n) is 12.5. The highest BCUT2D eigenvalue weighted by molar-refractivity contribution is 5.97. The van der Waals surface area contributed by atoms with E-state index in [0.29, 0.717) is 16.9 Å². The summed E-state index contributed by atoms with van der Waals surface area (Å²) in [5.74, 6) is 6.01. The Kier molecular flexibility index (Phi) is 3.90. The molecule has 6 rings (SSSR count). The zero-order valence-corrected chi connectivity index (χ0v) is 17.8. The Hall–Kier alpha value is -3.91. The SMILES string of the molecule is [2H]C([2H])([2H])N1C(=O)c2cccc(OC(F)F)c2[C@H]2C[C@@H]1c1nc3ccc(C#CC4CC(C#N)C4)cc3n12. The standard InChI is InChI=1S/C26H20F2N4O2/c1-31-21-12-20(23-17(25(31)33)3-2-4-22(23)34-26(27)28)32-19-11-14(7-8-18(19)30-24(21)32)5-6-15-9-16(10-15)13-29/h2-4,7-8,11,15-16,20-21,26H,9-10,12H2,1H3/t15?,16?,20-,21-/m1/s1/i1D3. The summed E-state index contributed by atoms with van der Waals surface area (Å²) in [6, 6.07) is 10.4. The molecule has 2 aromatic carbocycles. The zero-order chi connectivity index (χ0) is 26.1. The molecule has 1 saturated carbocycles. The Morgan fingerprint density at radius 1 is 1.21 bits per heavy atom. The van der Waals surface area contributed by atoms with E-state index in [2.05, 4.69) is 22.9 Å². The average Bonchev–Trinajstić information content (AvgIpc) is 3.30. The number of alkyl halides is 2. The van der Waals surface area contributed by atoms with E-state index < -0.39 is 31.6 Å². The Morgan fingerprint density at radius 3 is 2.82 bits per heavy atom. The Balaban J connectivity index is 1.52. The molecule has 2 aliphatic heterocycles. The van der Waals surface area contributed by atoms with Crippen molar-refractivity contribution < 1.29 is 22.4 Å². The van der Waals surface area contributed by atoms with Crippen molar-refractivity contribution in [1.82, 2.24) is 14.5 Å². The maximum Gasteiger partial charge on any atom is 0.387 e. The van der Waals surface area contributed by atoms with Gasteiger partial charge in [0.25, 0.3) is 5.91 Å². The molecule has 34 heavy (non-hydrogen) atoms. The summed E-state index contributed by atoms with van der Waals surface area (Å²) in [6.07, 6.45) is 1.66. The number of benzene rings is 2. The van der Waals surface area contributed by atoms with Crippen molar-refractivity contribution in [3.63, 3.8) is 0 Å². The third kappa shape index (κ3) is 3.06. The number of carbonyl (C=O) groups excluding carboxylic acids is 1. The molecule has 2 bridgehead atoms. The Bertz CT molecular complexity index is 1540. The third-order valence-corrected chi connectivity index (χ3v) is 6.89. The van der Waals surface area contributed by atoms with Crippen LogP contribution in [0.1, 0.15) is 62.8 Å². The normalized spacial score (nSPS) is 26.2. The van der Waals surface area contributed by atoms with Crippen LogP contribution in [0.25, 0.3) is 11.0 Å². The molecule has 8 heteroatoms. The van der Waals surface area contributed by atoms with Crippen molar-refractivity contribution in [3.05, 3.63) is 58.9 Å². The lowest BCUT2D eigenvalue weighted by Crippen LogP contribution is -2.30. The van der Waals surface area contributed by atoms with E-state index in [1.54, 1.807) is 6.07 Å². The highest BCUT2D eigenvalue weighted by Crippen LogP contribution is 2.50. The van der Waals surface area contributed by atoms with Gasteiger partial charge >= 0.3 is 6.61 Å². The van der Waals surface area contributed by atoms with Crippen molar-refractivity contribution in [2.45, 2.75) is 38.0 Å². The lowest BCUT2D eigenvalue weighted by molar-refractivity contribution is -0.0507. The second-order valence-corrected chi connectivity index (χ2v) is 8.85. The quantitative estimate of drug-likeness (QED) is 0.521. The molecular weight excluding hydrogens is 438 g/mol. The minimum atomic E-state index is -3.12. The number of carbonyl (C=O) groups is 1. The number of nitrogens with zero attached hydrogens (tertiary/aromatic N) is 4. The smallest absolute Gasteiger partial charge is 0.387 e. The molecule has 170 valence electrons. The third-order valence-electron chi connectivity index (χ3n) is 6.89. The van der Waals surface area contributed by atoms with E-state index in [1.165, 1.54) is 18.2 Å². The molecule has 6 nitrogen and oxygen atoms in total. The molecule has 0 unspecified atom stereocenters. The van der Waals surface area contributed by atoms with Gasteiger partial charge in [0, 0.05) is 46.0 Å². The van der Waals surface area contributed by atoms with Crippen LogP contribution in [0.5, 0.6) is 5.75 Å². The number of hydrogen-bond acceptors (Lipinski definition) is 4. The molecule has 1 fully saturated rings. The Morgan fingerprint density at radius 2 is 2.06 bits per heavy atom. The molecule has 1 aromatic heterocycles. The molecule has 0 saturated heterocycles. The van der Waals surface area contributed by atoms with Crippen LogP contribution < -0.4 is 4.74 Å². The number of amides is 1. The number of halogens is 2. The molecule has 0 N–H and O–H groups in total. The summed E-state index contributed by atoms with van der Waals surface area (Å²) >= 11 is 0. The lowest BCUT2D eigenvalue weighted by atomic mass is 9.76. The van der Waals surface area contributed by atoms with Gasteiger partial charge in [-0.2, -0.15) is 14.0 Å². The predicted molar refractivity (Wildman–Crippen MR) is 119 cm³/mol. The summed E-state index contributed by atoms with van der Waals surface area (Å²) in [4.78, 5) is 19.0. The van der Waals surface area contributed by atoms with Gasteiger partial charge in [-0.25, -0.2) is 4.98 Å². The van der Waals surface area contributed by atoms with E-state index in [4.69, 9.17) is 14.1 Å². The van der Waals surface area contributed by atoms with Crippen molar-refractivity contribution >= 4 is 16.9 Å². The zero-order valence-electron chi connectivity index (χ0n) is 20.8. The first-order chi connectivity index (χ1) is 17.7. The molecule has 1 amide bonds. The average molecular weight is 461 g/mol. The van der Waals surface area contributed by atoms with Crippen LogP contribution in [0.4, 0.5) is 8.78 Å². The highest BCUT2D eigenvalue weighted by Gasteiger charge is 2.45. The summed E-state index contributed by atoms with van der Waals surface area (Å²) in [5, 5.41) is 8.97. The minimum Gasteiger partial charge on any atom is -0.434 e. The summed E-state index contributed by atoms with van der Waals surface area (Å²) in [5.41, 5.74) is 2.20. The molecule has 3 aromatic rings. The van der Waals surface area contributed by atoms with E-state index >= 15 is 0 Å². The molecule has 3 aliphatic rings. The first kappa shape index (κ1) is 17.6. The monoisotopic (exact) mass is 461 g/mol. The topological polar surface area (TPSA) is 71.2 Å². The van der Waals surface area contributed by atoms with Crippen LogP contribution in [0.3, 0.4) is 0 Å². The molecular formula is C26H20F2N4O2. The maximum atomic E-state index is 13.5. The number of hydrogen-bond donors (Lipinski definition) is 0. The number of ether oxygens (including phenoxy) is 1. The predicted octanol–water partition coefficient (Wildman–Crippen LogP) is 4.66. The molecule has 1 aliphatic carbocycles. The Labute approximate surface area is 199 Å². The minimum absolute atomic E-state index is 0.0160. The molecule has 2 atom stereocenters. The van der Waals surface area contributed by atoms with Crippen molar-refractivity contribution in [2.24, 2.45) is 11.8 Å². The fourth-order valence-electron chi connectivity index (χ4n) is 5.21. The van der Waals surface area contributed by atoms with E-state index in [0.717, 1.165) is 23.3 Å². The van der Waals surface area contributed by atoms with Gasteiger partial charge in [-0.15, -0.1) is 0 Å². The van der Waals surface area contributed by atoms with Gasteiger partial charge in [-0.3, -0.25) is 4.79 Å². The van der Waals surface area contributed by atoms with Gasteiger partial charge in [0.05, 0.1) is 29.2 Å². The van der Waals surface area contributed by atoms with Gasteiger partial charge in [0.2, 0.25) is 0 Å². The van der Waals surface area contributed by atoms with Crippen LogP contribution >= 0.6 is 0 Å². The van der Waals surface area contributed by atoms with Crippen molar-refractivity contribution in [3.8, 4) is 23.7 Å².